The number of benzene rings is 12. The van der Waals surface area contributed by atoms with Crippen LogP contribution < -0.4 is 5.32 Å². The van der Waals surface area contributed by atoms with E-state index in [0.717, 1.165) is 33.7 Å². The molecule has 1 aromatic heterocycles. The van der Waals surface area contributed by atoms with Gasteiger partial charge in [-0.3, -0.25) is 0 Å². The van der Waals surface area contributed by atoms with Crippen LogP contribution in [0.25, 0.3) is 108 Å². The number of nitrogens with zero attached hydrogens (tertiary/aromatic N) is 2. The van der Waals surface area contributed by atoms with Crippen LogP contribution in [0.3, 0.4) is 0 Å². The van der Waals surface area contributed by atoms with Crippen molar-refractivity contribution >= 4 is 86.3 Å². The first-order chi connectivity index (χ1) is 35.2. The summed E-state index contributed by atoms with van der Waals surface area (Å²) in [6.45, 7) is 0. The molecule has 1 atom stereocenters. The van der Waals surface area contributed by atoms with Gasteiger partial charge in [0.2, 0.25) is 0 Å². The minimum absolute atomic E-state index is 0.264. The highest BCUT2D eigenvalue weighted by atomic mass is 32.1. The predicted octanol–water partition coefficient (Wildman–Crippen LogP) is 17.8. The molecule has 0 spiro atoms. The molecule has 1 aliphatic heterocycles. The van der Waals surface area contributed by atoms with Crippen molar-refractivity contribution in [2.24, 2.45) is 9.98 Å². The Morgan fingerprint density at radius 1 is 0.296 bits per heavy atom. The monoisotopic (exact) mass is 921 g/mol. The zero-order chi connectivity index (χ0) is 46.8. The molecule has 71 heavy (non-hydrogen) atoms. The molecule has 0 fully saturated rings. The maximum Gasteiger partial charge on any atom is 0.159 e. The molecule has 1 aliphatic rings. The van der Waals surface area contributed by atoms with Gasteiger partial charge in [-0.2, -0.15) is 0 Å². The molecular weight excluding hydrogens is 879 g/mol. The number of amidine groups is 2. The standard InChI is InChI=1S/C67H43N3S/c1-3-15-42(16-4-1)65-68-66(43-17-5-2-6-18-43)70-67(69-65)60-30-14-28-52-51(27-13-29-56(52)60)50-32-35-59-62-40-49(33-36-63(62)71-64(59)41-50)47-22-12-20-45(38-47)44-19-11-21-46(37-44)48-31-34-58-55-25-8-7-23-53(55)54-24-9-10-26-57(54)61(58)39-48/h1-41,65H,(H,68,69,70). The lowest BCUT2D eigenvalue weighted by Crippen LogP contribution is -2.33. The number of hydrogen-bond donors (Lipinski definition) is 1. The van der Waals surface area contributed by atoms with E-state index in [-0.39, 0.29) is 6.17 Å². The fourth-order valence-corrected chi connectivity index (χ4v) is 12.0. The number of nitrogens with one attached hydrogen (secondary N) is 1. The van der Waals surface area contributed by atoms with Crippen LogP contribution in [0.1, 0.15) is 22.9 Å². The Bertz CT molecular complexity index is 4280. The first kappa shape index (κ1) is 41.1. The summed E-state index contributed by atoms with van der Waals surface area (Å²) in [5.74, 6) is 1.53. The summed E-state index contributed by atoms with van der Waals surface area (Å²) >= 11 is 1.86. The lowest BCUT2D eigenvalue weighted by atomic mass is 9.91. The summed E-state index contributed by atoms with van der Waals surface area (Å²) in [5, 5.41) is 16.3. The van der Waals surface area contributed by atoms with Crippen molar-refractivity contribution in [3.05, 3.63) is 265 Å². The number of hydrogen-bond acceptors (Lipinski definition) is 4. The minimum atomic E-state index is -0.264. The number of fused-ring (bicyclic) bond motifs is 10. The Labute approximate surface area is 415 Å². The van der Waals surface area contributed by atoms with Crippen molar-refractivity contribution in [2.75, 3.05) is 0 Å². The van der Waals surface area contributed by atoms with Gasteiger partial charge in [0, 0.05) is 31.3 Å². The molecule has 0 aliphatic carbocycles. The molecular formula is C67H43N3S. The van der Waals surface area contributed by atoms with Crippen molar-refractivity contribution < 1.29 is 0 Å². The molecule has 4 heteroatoms. The second-order valence-corrected chi connectivity index (χ2v) is 19.6. The SMILES string of the molecule is c1ccc(C2=NC(c3ccccc3)NC(c3cccc4c(-c5ccc6c(c5)sc5ccc(-c7cccc(-c8cccc(-c9ccc%10c%11ccccc%11c%11ccccc%11c%10c9)c8)c7)cc56)cccc34)=N2)cc1. The van der Waals surface area contributed by atoms with Crippen LogP contribution in [0.5, 0.6) is 0 Å². The summed E-state index contributed by atoms with van der Waals surface area (Å²) < 4.78 is 2.56. The average molecular weight is 922 g/mol. The Kier molecular flexibility index (Phi) is 9.78. The van der Waals surface area contributed by atoms with Crippen LogP contribution in [0.15, 0.2) is 259 Å². The number of aliphatic imine (C=N–C) groups is 2. The fraction of sp³-hybridized carbons (Fsp3) is 0.0149. The summed E-state index contributed by atoms with van der Waals surface area (Å²) in [6.07, 6.45) is -0.264. The highest BCUT2D eigenvalue weighted by Crippen LogP contribution is 2.42. The van der Waals surface area contributed by atoms with E-state index >= 15 is 0 Å². The van der Waals surface area contributed by atoms with Crippen molar-refractivity contribution in [3.8, 4) is 44.5 Å². The molecule has 14 rings (SSSR count). The number of rotatable bonds is 7. The largest absolute Gasteiger partial charge is 0.344 e. The molecule has 332 valence electrons. The average Bonchev–Trinajstić information content (AvgIpc) is 3.82. The quantitative estimate of drug-likeness (QED) is 0.159. The third-order valence-corrected chi connectivity index (χ3v) is 15.5. The Balaban J connectivity index is 0.785. The smallest absolute Gasteiger partial charge is 0.159 e. The highest BCUT2D eigenvalue weighted by Gasteiger charge is 2.23. The van der Waals surface area contributed by atoms with Gasteiger partial charge < -0.3 is 5.32 Å². The molecule has 12 aromatic carbocycles. The van der Waals surface area contributed by atoms with Gasteiger partial charge in [0.05, 0.1) is 0 Å². The molecule has 3 nitrogen and oxygen atoms in total. The minimum Gasteiger partial charge on any atom is -0.344 e. The Hall–Kier alpha value is -8.96. The van der Waals surface area contributed by atoms with Gasteiger partial charge in [0.25, 0.3) is 0 Å². The van der Waals surface area contributed by atoms with Gasteiger partial charge >= 0.3 is 0 Å². The Morgan fingerprint density at radius 2 is 0.761 bits per heavy atom. The van der Waals surface area contributed by atoms with Crippen LogP contribution >= 0.6 is 11.3 Å². The van der Waals surface area contributed by atoms with Crippen molar-refractivity contribution in [3.63, 3.8) is 0 Å². The van der Waals surface area contributed by atoms with Gasteiger partial charge in [-0.15, -0.1) is 11.3 Å². The number of thiophene rings is 1. The second kappa shape index (κ2) is 16.9. The van der Waals surface area contributed by atoms with Crippen molar-refractivity contribution in [1.29, 1.82) is 0 Å². The third kappa shape index (κ3) is 7.19. The zero-order valence-corrected chi connectivity index (χ0v) is 39.4. The van der Waals surface area contributed by atoms with Gasteiger partial charge in [-0.05, 0) is 130 Å². The van der Waals surface area contributed by atoms with E-state index in [4.69, 9.17) is 9.98 Å². The van der Waals surface area contributed by atoms with Crippen LogP contribution in [-0.2, 0) is 0 Å². The molecule has 0 bridgehead atoms. The lowest BCUT2D eigenvalue weighted by Gasteiger charge is -2.24. The highest BCUT2D eigenvalue weighted by molar-refractivity contribution is 7.25. The molecule has 1 N–H and O–H groups in total. The van der Waals surface area contributed by atoms with E-state index in [0.29, 0.717) is 0 Å². The third-order valence-electron chi connectivity index (χ3n) is 14.3. The van der Waals surface area contributed by atoms with Crippen LogP contribution in [0.4, 0.5) is 0 Å². The second-order valence-electron chi connectivity index (χ2n) is 18.5. The summed E-state index contributed by atoms with van der Waals surface area (Å²) in [5.41, 5.74) is 12.8. The van der Waals surface area contributed by atoms with Crippen LogP contribution in [0.2, 0.25) is 0 Å². The normalized spacial score (nSPS) is 13.8. The molecule has 1 unspecified atom stereocenters. The fourth-order valence-electron chi connectivity index (χ4n) is 10.8. The molecule has 0 amide bonds. The Morgan fingerprint density at radius 3 is 1.42 bits per heavy atom. The molecule has 2 heterocycles. The summed E-state index contributed by atoms with van der Waals surface area (Å²) in [6, 6.07) is 90.3. The van der Waals surface area contributed by atoms with E-state index in [2.05, 4.69) is 230 Å². The first-order valence-corrected chi connectivity index (χ1v) is 25.1. The van der Waals surface area contributed by atoms with E-state index in [9.17, 15) is 0 Å². The summed E-state index contributed by atoms with van der Waals surface area (Å²) in [7, 11) is 0. The van der Waals surface area contributed by atoms with Crippen molar-refractivity contribution in [2.45, 2.75) is 6.17 Å². The maximum absolute atomic E-state index is 5.16. The molecule has 0 radical (unpaired) electrons. The predicted molar refractivity (Wildman–Crippen MR) is 303 cm³/mol. The van der Waals surface area contributed by atoms with Crippen LogP contribution in [-0.4, -0.2) is 11.7 Å². The maximum atomic E-state index is 5.16. The molecule has 13 aromatic rings. The van der Waals surface area contributed by atoms with E-state index in [1.165, 1.54) is 102 Å². The van der Waals surface area contributed by atoms with Gasteiger partial charge in [0.1, 0.15) is 12.0 Å². The van der Waals surface area contributed by atoms with Crippen molar-refractivity contribution in [1.82, 2.24) is 5.32 Å². The molecule has 0 saturated heterocycles. The molecule has 0 saturated carbocycles. The lowest BCUT2D eigenvalue weighted by molar-refractivity contribution is 0.674. The van der Waals surface area contributed by atoms with Crippen LogP contribution in [0, 0.1) is 0 Å². The topological polar surface area (TPSA) is 36.8 Å². The first-order valence-electron chi connectivity index (χ1n) is 24.2. The zero-order valence-electron chi connectivity index (χ0n) is 38.6. The van der Waals surface area contributed by atoms with E-state index in [1.807, 2.05) is 35.6 Å². The summed E-state index contributed by atoms with van der Waals surface area (Å²) in [4.78, 5) is 10.2. The van der Waals surface area contributed by atoms with E-state index in [1.54, 1.807) is 0 Å². The van der Waals surface area contributed by atoms with Gasteiger partial charge in [-0.25, -0.2) is 9.98 Å². The van der Waals surface area contributed by atoms with Gasteiger partial charge in [0.15, 0.2) is 5.84 Å². The van der Waals surface area contributed by atoms with E-state index < -0.39 is 0 Å². The van der Waals surface area contributed by atoms with Gasteiger partial charge in [-0.1, -0.05) is 212 Å².